The Morgan fingerprint density at radius 3 is 2.70 bits per heavy atom. The highest BCUT2D eigenvalue weighted by atomic mass is 19.1. The molecule has 0 spiro atoms. The minimum atomic E-state index is -1.97. The molecule has 210 valence electrons. The van der Waals surface area contributed by atoms with Gasteiger partial charge in [-0.05, 0) is 79.7 Å². The lowest BCUT2D eigenvalue weighted by Crippen LogP contribution is -2.71. The molecule has 1 aromatic carbocycles. The Hall–Kier alpha value is -2.90. The molecule has 5 aliphatic rings. The van der Waals surface area contributed by atoms with Crippen LogP contribution in [0.2, 0.25) is 0 Å². The molecule has 4 fully saturated rings. The number of alkyl halides is 1. The van der Waals surface area contributed by atoms with E-state index in [0.717, 1.165) is 22.3 Å². The summed E-state index contributed by atoms with van der Waals surface area (Å²) in [6.07, 6.45) is 5.16. The van der Waals surface area contributed by atoms with Crippen molar-refractivity contribution in [3.63, 3.8) is 0 Å². The maximum atomic E-state index is 17.8. The van der Waals surface area contributed by atoms with Crippen LogP contribution in [0.15, 0.2) is 60.2 Å². The van der Waals surface area contributed by atoms with Crippen LogP contribution < -0.4 is 4.90 Å². The summed E-state index contributed by atoms with van der Waals surface area (Å²) in [5, 5.41) is 23.2. The van der Waals surface area contributed by atoms with Crippen molar-refractivity contribution in [2.45, 2.75) is 58.2 Å². The van der Waals surface area contributed by atoms with Crippen molar-refractivity contribution in [1.82, 2.24) is 4.98 Å². The zero-order valence-electron chi connectivity index (χ0n) is 23.4. The number of benzene rings is 1. The van der Waals surface area contributed by atoms with Gasteiger partial charge in [0.15, 0.2) is 17.2 Å². The first-order valence-corrected chi connectivity index (χ1v) is 14.5. The van der Waals surface area contributed by atoms with Gasteiger partial charge >= 0.3 is 0 Å². The van der Waals surface area contributed by atoms with Crippen LogP contribution in [0.25, 0.3) is 10.9 Å². The molecule has 1 aliphatic heterocycles. The molecule has 2 aromatic rings. The molecule has 1 aromatic heterocycles. The van der Waals surface area contributed by atoms with Crippen LogP contribution in [0, 0.1) is 33.5 Å². The molecule has 7 rings (SSSR count). The fourth-order valence-corrected chi connectivity index (χ4v) is 10.3. The monoisotopic (exact) mass is 544 g/mol. The maximum absolute atomic E-state index is 17.8. The van der Waals surface area contributed by atoms with E-state index in [1.807, 2.05) is 43.3 Å². The van der Waals surface area contributed by atoms with Crippen molar-refractivity contribution in [3.8, 4) is 0 Å². The average Bonchev–Trinajstić information content (AvgIpc) is 3.40. The van der Waals surface area contributed by atoms with Gasteiger partial charge in [0.05, 0.1) is 17.0 Å². The van der Waals surface area contributed by atoms with E-state index in [9.17, 15) is 19.8 Å². The molecule has 2 heterocycles. The fraction of sp³-hybridized carbons (Fsp3) is 0.545. The molecule has 4 aliphatic carbocycles. The van der Waals surface area contributed by atoms with Crippen molar-refractivity contribution < 1.29 is 24.2 Å². The Balaban J connectivity index is 1.33. The molecule has 0 radical (unpaired) electrons. The molecule has 8 atom stereocenters. The van der Waals surface area contributed by atoms with Gasteiger partial charge < -0.3 is 15.1 Å². The van der Waals surface area contributed by atoms with Crippen molar-refractivity contribution in [1.29, 1.82) is 0 Å². The fourth-order valence-electron chi connectivity index (χ4n) is 10.3. The lowest BCUT2D eigenvalue weighted by Gasteiger charge is -2.67. The number of fused-ring (bicyclic) bond motifs is 8. The number of halogens is 1. The highest BCUT2D eigenvalue weighted by molar-refractivity contribution is 6.01. The number of carbonyl (C=O) groups is 2. The van der Waals surface area contributed by atoms with E-state index in [2.05, 4.69) is 18.7 Å². The summed E-state index contributed by atoms with van der Waals surface area (Å²) in [6, 6.07) is 11.9. The van der Waals surface area contributed by atoms with Crippen LogP contribution in [-0.2, 0) is 9.59 Å². The number of anilines is 1. The van der Waals surface area contributed by atoms with Gasteiger partial charge in [-0.15, -0.1) is 0 Å². The SMILES string of the molecule is CC12C=CC(=O)C=C1CCC1C3(C)CC4CN(c5ccc6ccccc6n5)CC4(C(=O)CO)C3(C)CC(O)C12F. The number of aromatic nitrogens is 1. The Bertz CT molecular complexity index is 1520. The molecule has 1 saturated heterocycles. The summed E-state index contributed by atoms with van der Waals surface area (Å²) in [4.78, 5) is 33.2. The third-order valence-corrected chi connectivity index (χ3v) is 12.5. The number of allylic oxidation sites excluding steroid dienone is 4. The van der Waals surface area contributed by atoms with E-state index in [1.54, 1.807) is 12.2 Å². The first kappa shape index (κ1) is 26.0. The van der Waals surface area contributed by atoms with Gasteiger partial charge in [0, 0.05) is 29.8 Å². The zero-order valence-corrected chi connectivity index (χ0v) is 23.4. The van der Waals surface area contributed by atoms with Crippen LogP contribution in [0.1, 0.15) is 46.5 Å². The van der Waals surface area contributed by atoms with E-state index in [1.165, 1.54) is 6.08 Å². The number of nitrogens with zero attached hydrogens (tertiary/aromatic N) is 2. The molecule has 8 unspecified atom stereocenters. The van der Waals surface area contributed by atoms with Crippen LogP contribution in [0.3, 0.4) is 0 Å². The number of aliphatic hydroxyl groups is 2. The van der Waals surface area contributed by atoms with E-state index < -0.39 is 46.0 Å². The Labute approximate surface area is 234 Å². The molecule has 0 bridgehead atoms. The Kier molecular flexibility index (Phi) is 5.27. The smallest absolute Gasteiger partial charge is 0.178 e. The predicted octanol–water partition coefficient (Wildman–Crippen LogP) is 4.59. The third-order valence-electron chi connectivity index (χ3n) is 12.5. The number of rotatable bonds is 3. The topological polar surface area (TPSA) is 90.7 Å². The molecule has 2 N–H and O–H groups in total. The Morgan fingerprint density at radius 1 is 1.15 bits per heavy atom. The number of hydrogen-bond donors (Lipinski definition) is 2. The predicted molar refractivity (Wildman–Crippen MR) is 150 cm³/mol. The number of hydrogen-bond acceptors (Lipinski definition) is 6. The summed E-state index contributed by atoms with van der Waals surface area (Å²) in [7, 11) is 0. The van der Waals surface area contributed by atoms with Gasteiger partial charge in [0.2, 0.25) is 0 Å². The second-order valence-electron chi connectivity index (χ2n) is 13.6. The van der Waals surface area contributed by atoms with Crippen molar-refractivity contribution in [3.05, 3.63) is 60.2 Å². The van der Waals surface area contributed by atoms with Gasteiger partial charge in [-0.3, -0.25) is 9.59 Å². The molecule has 0 amide bonds. The number of aliphatic hydroxyl groups excluding tert-OH is 2. The van der Waals surface area contributed by atoms with Gasteiger partial charge in [0.1, 0.15) is 12.4 Å². The lowest BCUT2D eigenvalue weighted by molar-refractivity contribution is -0.235. The van der Waals surface area contributed by atoms with Crippen LogP contribution >= 0.6 is 0 Å². The summed E-state index contributed by atoms with van der Waals surface area (Å²) in [5.74, 6) is -0.192. The standard InChI is InChI=1S/C33H37FN2O4/c1-29-13-12-23(38)14-21(29)9-10-25-30(2)15-22-17-36(28-11-8-20-6-4-5-7-24(20)35-28)19-32(22,27(40)18-37)31(30,3)16-26(39)33(25,29)34/h4-8,11-14,22,25-26,37,39H,9-10,15-19H2,1-3H3. The number of carbonyl (C=O) groups excluding carboxylic acids is 2. The van der Waals surface area contributed by atoms with E-state index in [-0.39, 0.29) is 23.9 Å². The van der Waals surface area contributed by atoms with Gasteiger partial charge in [0.25, 0.3) is 0 Å². The molecule has 6 nitrogen and oxygen atoms in total. The van der Waals surface area contributed by atoms with Crippen LogP contribution in [0.4, 0.5) is 10.2 Å². The number of pyridine rings is 1. The number of ketones is 2. The van der Waals surface area contributed by atoms with E-state index in [0.29, 0.717) is 32.4 Å². The second-order valence-corrected chi connectivity index (χ2v) is 13.6. The minimum absolute atomic E-state index is 0.113. The summed E-state index contributed by atoms with van der Waals surface area (Å²) >= 11 is 0. The van der Waals surface area contributed by atoms with Crippen LogP contribution in [0.5, 0.6) is 0 Å². The average molecular weight is 545 g/mol. The van der Waals surface area contributed by atoms with Gasteiger partial charge in [-0.1, -0.05) is 43.7 Å². The lowest BCUT2D eigenvalue weighted by atomic mass is 9.38. The summed E-state index contributed by atoms with van der Waals surface area (Å²) < 4.78 is 17.8. The van der Waals surface area contributed by atoms with Gasteiger partial charge in [-0.2, -0.15) is 0 Å². The Morgan fingerprint density at radius 2 is 1.93 bits per heavy atom. The molecule has 3 saturated carbocycles. The van der Waals surface area contributed by atoms with Crippen molar-refractivity contribution in [2.75, 3.05) is 24.6 Å². The quantitative estimate of drug-likeness (QED) is 0.588. The number of Topliss-reactive ketones (excluding diaryl/α,β-unsaturated/α-hetero) is 1. The van der Waals surface area contributed by atoms with Crippen molar-refractivity contribution in [2.24, 2.45) is 33.5 Å². The van der Waals surface area contributed by atoms with Gasteiger partial charge in [-0.25, -0.2) is 9.37 Å². The normalized spacial score (nSPS) is 43.6. The van der Waals surface area contributed by atoms with E-state index >= 15 is 4.39 Å². The first-order valence-electron chi connectivity index (χ1n) is 14.5. The molecular formula is C33H37FN2O4. The number of para-hydroxylation sites is 1. The second kappa shape index (κ2) is 8.10. The first-order chi connectivity index (χ1) is 18.9. The zero-order chi connectivity index (χ0) is 28.3. The minimum Gasteiger partial charge on any atom is -0.390 e. The maximum Gasteiger partial charge on any atom is 0.178 e. The summed E-state index contributed by atoms with van der Waals surface area (Å²) in [5.41, 5.74) is -3.71. The highest BCUT2D eigenvalue weighted by Gasteiger charge is 2.81. The molecule has 40 heavy (non-hydrogen) atoms. The van der Waals surface area contributed by atoms with Crippen LogP contribution in [-0.4, -0.2) is 58.2 Å². The molecule has 7 heteroatoms. The van der Waals surface area contributed by atoms with Crippen molar-refractivity contribution >= 4 is 28.3 Å². The highest BCUT2D eigenvalue weighted by Crippen LogP contribution is 2.79. The van der Waals surface area contributed by atoms with E-state index in [4.69, 9.17) is 4.98 Å². The molecular weight excluding hydrogens is 507 g/mol. The third kappa shape index (κ3) is 2.83. The summed E-state index contributed by atoms with van der Waals surface area (Å²) in [6.45, 7) is 6.38. The largest absolute Gasteiger partial charge is 0.390 e.